The number of methoxy groups -OCH3 is 1. The van der Waals surface area contributed by atoms with Crippen LogP contribution < -0.4 is 5.73 Å². The first-order valence-electron chi connectivity index (χ1n) is 7.42. The second-order valence-electron chi connectivity index (χ2n) is 5.06. The van der Waals surface area contributed by atoms with Crippen LogP contribution in [0.25, 0.3) is 0 Å². The van der Waals surface area contributed by atoms with E-state index in [1.807, 2.05) is 12.1 Å². The van der Waals surface area contributed by atoms with E-state index in [9.17, 15) is 0 Å². The third kappa shape index (κ3) is 5.05. The number of nitrogens with two attached hydrogens (primary N) is 1. The Balaban J connectivity index is 1.53. The number of rotatable bonds is 10. The van der Waals surface area contributed by atoms with Crippen LogP contribution in [0.5, 0.6) is 0 Å². The highest BCUT2D eigenvalue weighted by Crippen LogP contribution is 2.31. The van der Waals surface area contributed by atoms with Gasteiger partial charge in [0, 0.05) is 13.5 Å². The molecule has 0 aromatic heterocycles. The monoisotopic (exact) mass is 295 g/mol. The summed E-state index contributed by atoms with van der Waals surface area (Å²) in [7, 11) is 1.66. The topological polar surface area (TPSA) is 62.9 Å². The van der Waals surface area contributed by atoms with Crippen molar-refractivity contribution in [3.8, 4) is 0 Å². The van der Waals surface area contributed by atoms with Gasteiger partial charge in [-0.25, -0.2) is 0 Å². The van der Waals surface area contributed by atoms with Crippen molar-refractivity contribution >= 4 is 0 Å². The lowest BCUT2D eigenvalue weighted by molar-refractivity contribution is -0.0195. The number of ether oxygens (including phenoxy) is 4. The quantitative estimate of drug-likeness (QED) is 0.659. The molecule has 2 N–H and O–H groups in total. The van der Waals surface area contributed by atoms with E-state index in [4.69, 9.17) is 24.7 Å². The lowest BCUT2D eigenvalue weighted by atomic mass is 10.1. The molecule has 0 aliphatic heterocycles. The van der Waals surface area contributed by atoms with Crippen LogP contribution in [-0.2, 0) is 25.4 Å². The van der Waals surface area contributed by atoms with Crippen LogP contribution in [0.2, 0.25) is 0 Å². The summed E-state index contributed by atoms with van der Waals surface area (Å²) in [4.78, 5) is 0. The Morgan fingerprint density at radius 2 is 1.67 bits per heavy atom. The molecule has 2 rings (SSSR count). The minimum atomic E-state index is -0.0291. The largest absolute Gasteiger partial charge is 0.382 e. The van der Waals surface area contributed by atoms with Gasteiger partial charge in [0.2, 0.25) is 0 Å². The van der Waals surface area contributed by atoms with Gasteiger partial charge in [0.25, 0.3) is 0 Å². The average Bonchev–Trinajstić information content (AvgIpc) is 2.83. The minimum absolute atomic E-state index is 0.0291. The highest BCUT2D eigenvalue weighted by atomic mass is 16.6. The van der Waals surface area contributed by atoms with E-state index >= 15 is 0 Å². The molecule has 0 bridgehead atoms. The van der Waals surface area contributed by atoms with Crippen molar-refractivity contribution in [1.29, 1.82) is 0 Å². The first kappa shape index (κ1) is 16.4. The standard InChI is InChI=1S/C16H25NO4/c1-18-6-7-19-8-9-20-10-11-21-15-12-13-4-2-3-5-14(13)16(15)17/h2-5,15-16H,6-12,17H2,1H3. The van der Waals surface area contributed by atoms with E-state index in [2.05, 4.69) is 12.1 Å². The molecular weight excluding hydrogens is 270 g/mol. The molecule has 0 heterocycles. The maximum absolute atomic E-state index is 6.20. The fraction of sp³-hybridized carbons (Fsp3) is 0.625. The Labute approximate surface area is 126 Å². The SMILES string of the molecule is COCCOCCOCCOC1Cc2ccccc2C1N. The van der Waals surface area contributed by atoms with Gasteiger partial charge in [-0.1, -0.05) is 24.3 Å². The number of hydrogen-bond donors (Lipinski definition) is 1. The maximum atomic E-state index is 6.20. The summed E-state index contributed by atoms with van der Waals surface area (Å²) in [6.07, 6.45) is 0.946. The van der Waals surface area contributed by atoms with E-state index in [0.29, 0.717) is 39.6 Å². The zero-order valence-corrected chi connectivity index (χ0v) is 12.6. The zero-order chi connectivity index (χ0) is 14.9. The van der Waals surface area contributed by atoms with Crippen LogP contribution in [0, 0.1) is 0 Å². The molecule has 21 heavy (non-hydrogen) atoms. The highest BCUT2D eigenvalue weighted by molar-refractivity contribution is 5.36. The molecule has 5 heteroatoms. The van der Waals surface area contributed by atoms with Gasteiger partial charge in [-0.3, -0.25) is 0 Å². The predicted octanol–water partition coefficient (Wildman–Crippen LogP) is 1.31. The van der Waals surface area contributed by atoms with Crippen molar-refractivity contribution in [2.75, 3.05) is 46.8 Å². The van der Waals surface area contributed by atoms with Crippen molar-refractivity contribution in [2.24, 2.45) is 5.73 Å². The Kier molecular flexibility index (Phi) is 7.12. The Morgan fingerprint density at radius 3 is 2.38 bits per heavy atom. The van der Waals surface area contributed by atoms with Crippen molar-refractivity contribution in [2.45, 2.75) is 18.6 Å². The molecule has 5 nitrogen and oxygen atoms in total. The van der Waals surface area contributed by atoms with Crippen LogP contribution in [0.1, 0.15) is 17.2 Å². The Morgan fingerprint density at radius 1 is 1.00 bits per heavy atom. The third-order valence-electron chi connectivity index (χ3n) is 3.60. The van der Waals surface area contributed by atoms with Crippen LogP contribution in [0.3, 0.4) is 0 Å². The summed E-state index contributed by atoms with van der Waals surface area (Å²) in [5.74, 6) is 0. The molecule has 1 aliphatic rings. The second kappa shape index (κ2) is 9.12. The molecule has 1 aromatic carbocycles. The van der Waals surface area contributed by atoms with E-state index in [0.717, 1.165) is 6.42 Å². The summed E-state index contributed by atoms with van der Waals surface area (Å²) in [6.45, 7) is 3.49. The molecule has 0 spiro atoms. The minimum Gasteiger partial charge on any atom is -0.382 e. The zero-order valence-electron chi connectivity index (χ0n) is 12.6. The van der Waals surface area contributed by atoms with Gasteiger partial charge in [0.1, 0.15) is 0 Å². The van der Waals surface area contributed by atoms with Gasteiger partial charge in [-0.15, -0.1) is 0 Å². The third-order valence-corrected chi connectivity index (χ3v) is 3.60. The summed E-state index contributed by atoms with van der Waals surface area (Å²) in [6, 6.07) is 8.23. The Hall–Kier alpha value is -0.980. The van der Waals surface area contributed by atoms with E-state index in [-0.39, 0.29) is 12.1 Å². The molecule has 0 saturated carbocycles. The summed E-state index contributed by atoms with van der Waals surface area (Å²) < 4.78 is 21.5. The van der Waals surface area contributed by atoms with Crippen LogP contribution in [0.4, 0.5) is 0 Å². The summed E-state index contributed by atoms with van der Waals surface area (Å²) >= 11 is 0. The van der Waals surface area contributed by atoms with Gasteiger partial charge in [-0.05, 0) is 11.1 Å². The van der Waals surface area contributed by atoms with Crippen molar-refractivity contribution in [3.63, 3.8) is 0 Å². The molecule has 2 atom stereocenters. The highest BCUT2D eigenvalue weighted by Gasteiger charge is 2.29. The number of fused-ring (bicyclic) bond motifs is 1. The molecule has 0 radical (unpaired) electrons. The van der Waals surface area contributed by atoms with Gasteiger partial charge in [0.05, 0.1) is 51.8 Å². The predicted molar refractivity (Wildman–Crippen MR) is 80.3 cm³/mol. The second-order valence-corrected chi connectivity index (χ2v) is 5.06. The molecule has 118 valence electrons. The fourth-order valence-electron chi connectivity index (χ4n) is 2.47. The molecule has 0 fully saturated rings. The van der Waals surface area contributed by atoms with Gasteiger partial charge >= 0.3 is 0 Å². The molecule has 1 aromatic rings. The van der Waals surface area contributed by atoms with Crippen molar-refractivity contribution < 1.29 is 18.9 Å². The molecule has 0 saturated heterocycles. The van der Waals surface area contributed by atoms with Crippen LogP contribution in [0.15, 0.2) is 24.3 Å². The van der Waals surface area contributed by atoms with Gasteiger partial charge in [-0.2, -0.15) is 0 Å². The van der Waals surface area contributed by atoms with Gasteiger partial charge in [0.15, 0.2) is 0 Å². The maximum Gasteiger partial charge on any atom is 0.0809 e. The number of benzene rings is 1. The van der Waals surface area contributed by atoms with E-state index < -0.39 is 0 Å². The summed E-state index contributed by atoms with van der Waals surface area (Å²) in [5.41, 5.74) is 8.70. The van der Waals surface area contributed by atoms with Gasteiger partial charge < -0.3 is 24.7 Å². The molecule has 1 aliphatic carbocycles. The van der Waals surface area contributed by atoms with Crippen molar-refractivity contribution in [1.82, 2.24) is 0 Å². The molecule has 0 amide bonds. The fourth-order valence-corrected chi connectivity index (χ4v) is 2.47. The lowest BCUT2D eigenvalue weighted by Gasteiger charge is -2.17. The average molecular weight is 295 g/mol. The van der Waals surface area contributed by atoms with Crippen molar-refractivity contribution in [3.05, 3.63) is 35.4 Å². The smallest absolute Gasteiger partial charge is 0.0809 e. The first-order valence-corrected chi connectivity index (χ1v) is 7.42. The van der Waals surface area contributed by atoms with E-state index in [1.165, 1.54) is 11.1 Å². The molecule has 2 unspecified atom stereocenters. The van der Waals surface area contributed by atoms with E-state index in [1.54, 1.807) is 7.11 Å². The first-order chi connectivity index (χ1) is 10.3. The molecular formula is C16H25NO4. The Bertz CT molecular complexity index is 413. The lowest BCUT2D eigenvalue weighted by Crippen LogP contribution is -2.26. The normalized spacial score (nSPS) is 20.7. The van der Waals surface area contributed by atoms with Crippen LogP contribution in [-0.4, -0.2) is 52.9 Å². The number of hydrogen-bond acceptors (Lipinski definition) is 5. The summed E-state index contributed by atoms with van der Waals surface area (Å²) in [5, 5.41) is 0. The van der Waals surface area contributed by atoms with Crippen LogP contribution >= 0.6 is 0 Å².